The van der Waals surface area contributed by atoms with Gasteiger partial charge in [-0.1, -0.05) is 39.0 Å². The van der Waals surface area contributed by atoms with Crippen LogP contribution in [0.5, 0.6) is 0 Å². The second kappa shape index (κ2) is 20.0. The highest BCUT2D eigenvalue weighted by Gasteiger charge is 2.29. The first-order valence-electron chi connectivity index (χ1n) is 26.6. The van der Waals surface area contributed by atoms with Crippen LogP contribution in [0.15, 0.2) is 105 Å². The number of nitrogens with one attached hydrogen (secondary N) is 9. The van der Waals surface area contributed by atoms with Crippen LogP contribution in [0.3, 0.4) is 0 Å². The molecule has 3 aliphatic carbocycles. The number of hydrogen-bond acceptors (Lipinski definition) is 18. The van der Waals surface area contributed by atoms with Crippen molar-refractivity contribution in [2.24, 2.45) is 17.8 Å². The molecular formula is C57H57N15O6. The summed E-state index contributed by atoms with van der Waals surface area (Å²) in [7, 11) is 0. The minimum atomic E-state index is 0.00389. The number of nitrogens with zero attached hydrogens (tertiary/aromatic N) is 6. The lowest BCUT2D eigenvalue weighted by Gasteiger charge is -2.22. The predicted octanol–water partition coefficient (Wildman–Crippen LogP) is 11.0. The van der Waals surface area contributed by atoms with Gasteiger partial charge in [0.05, 0.1) is 18.8 Å². The van der Waals surface area contributed by atoms with Gasteiger partial charge in [-0.2, -0.15) is 15.0 Å². The van der Waals surface area contributed by atoms with Gasteiger partial charge in [-0.25, -0.2) is 15.0 Å². The number of carbonyl (C=O) groups is 3. The molecule has 0 radical (unpaired) electrons. The summed E-state index contributed by atoms with van der Waals surface area (Å²) < 4.78 is 16.5. The molecule has 3 aromatic carbocycles. The Labute approximate surface area is 447 Å². The van der Waals surface area contributed by atoms with Crippen molar-refractivity contribution in [2.45, 2.75) is 96.7 Å². The highest BCUT2D eigenvalue weighted by molar-refractivity contribution is 5.98. The van der Waals surface area contributed by atoms with Crippen LogP contribution in [0.4, 0.5) is 69.4 Å². The van der Waals surface area contributed by atoms with E-state index in [1.807, 2.05) is 93.6 Å². The van der Waals surface area contributed by atoms with Gasteiger partial charge in [-0.05, 0) is 111 Å². The first-order valence-corrected chi connectivity index (χ1v) is 26.6. The van der Waals surface area contributed by atoms with Crippen LogP contribution in [0, 0.1) is 17.8 Å². The summed E-state index contributed by atoms with van der Waals surface area (Å²) in [4.78, 5) is 63.0. The number of anilines is 12. The van der Waals surface area contributed by atoms with Crippen LogP contribution in [-0.4, -0.2) is 65.8 Å². The summed E-state index contributed by atoms with van der Waals surface area (Å²) in [6.07, 6.45) is 14.0. The van der Waals surface area contributed by atoms with Crippen molar-refractivity contribution in [3.8, 4) is 0 Å². The Bertz CT molecular complexity index is 3410. The van der Waals surface area contributed by atoms with Crippen LogP contribution in [0.25, 0.3) is 33.3 Å². The lowest BCUT2D eigenvalue weighted by molar-refractivity contribution is -0.120. The van der Waals surface area contributed by atoms with E-state index >= 15 is 0 Å². The number of hydrogen-bond donors (Lipinski definition) is 9. The third-order valence-electron chi connectivity index (χ3n) is 14.5. The largest absolute Gasteiger partial charge is 0.459 e. The Morgan fingerprint density at radius 1 is 0.410 bits per heavy atom. The van der Waals surface area contributed by atoms with Crippen LogP contribution in [0.2, 0.25) is 0 Å². The molecule has 9 heterocycles. The number of rotatable bonds is 12. The van der Waals surface area contributed by atoms with Gasteiger partial charge in [0.25, 0.3) is 0 Å². The summed E-state index contributed by atoms with van der Waals surface area (Å²) in [6.45, 7) is 5.81. The molecule has 3 atom stereocenters. The van der Waals surface area contributed by atoms with Gasteiger partial charge in [-0.3, -0.25) is 14.4 Å². The van der Waals surface area contributed by atoms with Crippen LogP contribution < -0.4 is 47.9 Å². The molecule has 6 aliphatic rings. The van der Waals surface area contributed by atoms with Crippen molar-refractivity contribution in [3.63, 3.8) is 0 Å². The number of benzene rings is 3. The predicted molar refractivity (Wildman–Crippen MR) is 299 cm³/mol. The molecule has 15 rings (SSSR count). The lowest BCUT2D eigenvalue weighted by Crippen LogP contribution is -2.27. The molecule has 6 aromatic heterocycles. The Morgan fingerprint density at radius 2 is 0.705 bits per heavy atom. The number of fused-ring (bicyclic) bond motifs is 6. The van der Waals surface area contributed by atoms with Crippen molar-refractivity contribution in [1.82, 2.24) is 29.9 Å². The molecule has 78 heavy (non-hydrogen) atoms. The van der Waals surface area contributed by atoms with E-state index in [9.17, 15) is 14.4 Å². The third kappa shape index (κ3) is 10.6. The standard InChI is InChI=1S/3C19H19N5O2/c3*1-10-8-11-2-3-13(9-15(11)22-18(10)25)21-19-23-14-6-7-26-16(14)17(24-19)20-12-4-5-12/h3*2-3,6-7,9-10,12H,4-5,8H2,1H3,(H,22,25)(H2,20,21,23,24)/t2*10-;/m10./s1. The molecule has 396 valence electrons. The maximum atomic E-state index is 11.9. The van der Waals surface area contributed by atoms with Gasteiger partial charge in [0.15, 0.2) is 34.2 Å². The van der Waals surface area contributed by atoms with E-state index in [1.165, 1.54) is 0 Å². The van der Waals surface area contributed by atoms with E-state index < -0.39 is 0 Å². The normalized spacial score (nSPS) is 19.1. The molecule has 3 fully saturated rings. The minimum Gasteiger partial charge on any atom is -0.459 e. The minimum absolute atomic E-state index is 0.00389. The highest BCUT2D eigenvalue weighted by Crippen LogP contribution is 2.36. The second-order valence-electron chi connectivity index (χ2n) is 21.1. The zero-order valence-corrected chi connectivity index (χ0v) is 43.1. The fourth-order valence-electron chi connectivity index (χ4n) is 9.58. The smallest absolute Gasteiger partial charge is 0.229 e. The van der Waals surface area contributed by atoms with E-state index in [1.54, 1.807) is 18.8 Å². The zero-order valence-electron chi connectivity index (χ0n) is 43.1. The molecule has 3 amide bonds. The average Bonchev–Trinajstić information content (AvgIpc) is 4.42. The fourth-order valence-corrected chi connectivity index (χ4v) is 9.58. The van der Waals surface area contributed by atoms with E-state index in [2.05, 4.69) is 77.8 Å². The molecule has 1 unspecified atom stereocenters. The summed E-state index contributed by atoms with van der Waals surface area (Å²) in [6, 6.07) is 24.7. The van der Waals surface area contributed by atoms with Crippen LogP contribution >= 0.6 is 0 Å². The molecule has 3 saturated carbocycles. The first-order chi connectivity index (χ1) is 38.0. The molecule has 0 saturated heterocycles. The van der Waals surface area contributed by atoms with Crippen molar-refractivity contribution in [2.75, 3.05) is 47.9 Å². The van der Waals surface area contributed by atoms with Gasteiger partial charge in [0.2, 0.25) is 35.6 Å². The quantitative estimate of drug-likeness (QED) is 0.0550. The topological polar surface area (TPSA) is 276 Å². The first kappa shape index (κ1) is 48.4. The van der Waals surface area contributed by atoms with Gasteiger partial charge >= 0.3 is 0 Å². The number of furan rings is 3. The molecule has 0 spiro atoms. The Kier molecular flexibility index (Phi) is 12.4. The van der Waals surface area contributed by atoms with Gasteiger partial charge in [0, 0.05) is 88.2 Å². The monoisotopic (exact) mass is 1050 g/mol. The van der Waals surface area contributed by atoms with Gasteiger partial charge < -0.3 is 61.1 Å². The maximum absolute atomic E-state index is 11.9. The Hall–Kier alpha value is -9.27. The fraction of sp³-hybridized carbons (Fsp3) is 0.316. The molecule has 21 nitrogen and oxygen atoms in total. The van der Waals surface area contributed by atoms with Gasteiger partial charge in [0.1, 0.15) is 16.6 Å². The molecule has 0 bridgehead atoms. The van der Waals surface area contributed by atoms with E-state index in [0.717, 1.165) is 125 Å². The molecule has 9 N–H and O–H groups in total. The van der Waals surface area contributed by atoms with Crippen LogP contribution in [0.1, 0.15) is 76.0 Å². The molecule has 9 aromatic rings. The summed E-state index contributed by atoms with van der Waals surface area (Å²) in [5.74, 6) is 3.82. The Morgan fingerprint density at radius 3 is 0.987 bits per heavy atom. The summed E-state index contributed by atoms with van der Waals surface area (Å²) >= 11 is 0. The number of amides is 3. The third-order valence-corrected chi connectivity index (χ3v) is 14.5. The van der Waals surface area contributed by atoms with E-state index in [0.29, 0.717) is 70.2 Å². The van der Waals surface area contributed by atoms with E-state index in [-0.39, 0.29) is 35.5 Å². The van der Waals surface area contributed by atoms with Crippen molar-refractivity contribution in [1.29, 1.82) is 0 Å². The number of aromatic nitrogens is 6. The van der Waals surface area contributed by atoms with Crippen molar-refractivity contribution >= 4 is 120 Å². The maximum Gasteiger partial charge on any atom is 0.229 e. The summed E-state index contributed by atoms with van der Waals surface area (Å²) in [5.41, 5.74) is 12.8. The van der Waals surface area contributed by atoms with Crippen LogP contribution in [-0.2, 0) is 33.6 Å². The van der Waals surface area contributed by atoms with E-state index in [4.69, 9.17) is 13.3 Å². The second-order valence-corrected chi connectivity index (χ2v) is 21.1. The van der Waals surface area contributed by atoms with Gasteiger partial charge in [-0.15, -0.1) is 0 Å². The van der Waals surface area contributed by atoms with Crippen molar-refractivity contribution in [3.05, 3.63) is 108 Å². The zero-order chi connectivity index (χ0) is 53.0. The SMILES string of the molecule is CC1Cc2ccc(Nc3nc(NC4CC4)c4occc4n3)cc2NC1=O.C[C@@H]1Cc2ccc(Nc3nc(NC4CC4)c4occc4n3)cc2NC1=O.C[C@H]1Cc2ccc(Nc3nc(NC4CC4)c4occc4n3)cc2NC1=O. The Balaban J connectivity index is 0.000000111. The molecular weight excluding hydrogens is 991 g/mol. The number of carbonyl (C=O) groups excluding carboxylic acids is 3. The summed E-state index contributed by atoms with van der Waals surface area (Å²) in [5, 5.41) is 28.8. The average molecular weight is 1050 g/mol. The molecule has 21 heteroatoms. The van der Waals surface area contributed by atoms with Crippen molar-refractivity contribution < 1.29 is 27.6 Å². The molecule has 3 aliphatic heterocycles. The highest BCUT2D eigenvalue weighted by atomic mass is 16.3. The lowest BCUT2D eigenvalue weighted by atomic mass is 9.94.